The Bertz CT molecular complexity index is 688. The summed E-state index contributed by atoms with van der Waals surface area (Å²) in [5, 5.41) is 1.79. The van der Waals surface area contributed by atoms with E-state index in [2.05, 4.69) is 9.71 Å². The molecule has 106 valence electrons. The summed E-state index contributed by atoms with van der Waals surface area (Å²) in [4.78, 5) is 4.61. The predicted octanol–water partition coefficient (Wildman–Crippen LogP) is 2.91. The van der Waals surface area contributed by atoms with E-state index >= 15 is 0 Å². The van der Waals surface area contributed by atoms with E-state index in [0.29, 0.717) is 4.96 Å². The van der Waals surface area contributed by atoms with Gasteiger partial charge in [0, 0.05) is 17.1 Å². The van der Waals surface area contributed by atoms with Crippen molar-refractivity contribution in [2.24, 2.45) is 0 Å². The average Bonchev–Trinajstić information content (AvgIpc) is 2.73. The first-order valence-corrected chi connectivity index (χ1v) is 8.66. The van der Waals surface area contributed by atoms with E-state index in [4.69, 9.17) is 11.6 Å². The zero-order chi connectivity index (χ0) is 14.3. The first-order valence-electron chi connectivity index (χ1n) is 5.92. The summed E-state index contributed by atoms with van der Waals surface area (Å²) in [5.74, 6) is 0. The van der Waals surface area contributed by atoms with Crippen molar-refractivity contribution >= 4 is 37.9 Å². The van der Waals surface area contributed by atoms with Crippen LogP contribution in [0.4, 0.5) is 0 Å². The standard InChI is InChI=1S/C11H16ClN3O2S2/c1-4-5-11(2,3)14-19(16,17)9-8(12)13-10-15(9)6-7-18-10/h6-7,14H,4-5H2,1-3H3. The summed E-state index contributed by atoms with van der Waals surface area (Å²) in [6.45, 7) is 5.72. The molecule has 0 saturated heterocycles. The Morgan fingerprint density at radius 3 is 2.84 bits per heavy atom. The maximum Gasteiger partial charge on any atom is 0.260 e. The van der Waals surface area contributed by atoms with Gasteiger partial charge < -0.3 is 0 Å². The van der Waals surface area contributed by atoms with Gasteiger partial charge in [-0.3, -0.25) is 4.40 Å². The Balaban J connectivity index is 2.45. The highest BCUT2D eigenvalue weighted by Gasteiger charge is 2.30. The van der Waals surface area contributed by atoms with Crippen molar-refractivity contribution in [1.82, 2.24) is 14.1 Å². The van der Waals surface area contributed by atoms with Gasteiger partial charge in [-0.2, -0.15) is 0 Å². The summed E-state index contributed by atoms with van der Waals surface area (Å²) in [7, 11) is -3.70. The molecule has 0 radical (unpaired) electrons. The molecule has 1 N–H and O–H groups in total. The maximum absolute atomic E-state index is 12.5. The monoisotopic (exact) mass is 321 g/mol. The number of hydrogen-bond donors (Lipinski definition) is 1. The number of rotatable bonds is 5. The van der Waals surface area contributed by atoms with Gasteiger partial charge in [-0.15, -0.1) is 11.3 Å². The largest absolute Gasteiger partial charge is 0.279 e. The van der Waals surface area contributed by atoms with Crippen LogP contribution in [0.2, 0.25) is 5.15 Å². The lowest BCUT2D eigenvalue weighted by Crippen LogP contribution is -2.43. The number of nitrogens with zero attached hydrogens (tertiary/aromatic N) is 2. The van der Waals surface area contributed by atoms with Crippen molar-refractivity contribution in [1.29, 1.82) is 0 Å². The van der Waals surface area contributed by atoms with Gasteiger partial charge in [0.05, 0.1) is 0 Å². The third-order valence-corrected chi connectivity index (χ3v) is 5.57. The lowest BCUT2D eigenvalue weighted by atomic mass is 10.0. The Kier molecular flexibility index (Phi) is 3.92. The Morgan fingerprint density at radius 1 is 1.53 bits per heavy atom. The number of nitrogens with one attached hydrogen (secondary N) is 1. The Morgan fingerprint density at radius 2 is 2.21 bits per heavy atom. The minimum atomic E-state index is -3.70. The minimum Gasteiger partial charge on any atom is -0.279 e. The van der Waals surface area contributed by atoms with Gasteiger partial charge in [-0.25, -0.2) is 18.1 Å². The fourth-order valence-corrected chi connectivity index (χ4v) is 4.96. The van der Waals surface area contributed by atoms with E-state index in [1.165, 1.54) is 15.7 Å². The normalized spacial score (nSPS) is 13.3. The number of imidazole rings is 1. The van der Waals surface area contributed by atoms with Crippen LogP contribution in [0, 0.1) is 0 Å². The van der Waals surface area contributed by atoms with Crippen LogP contribution in [0.15, 0.2) is 16.6 Å². The van der Waals surface area contributed by atoms with Crippen LogP contribution in [0.5, 0.6) is 0 Å². The second-order valence-corrected chi connectivity index (χ2v) is 7.83. The van der Waals surface area contributed by atoms with E-state index in [9.17, 15) is 8.42 Å². The Labute approximate surface area is 121 Å². The van der Waals surface area contributed by atoms with Gasteiger partial charge in [0.2, 0.25) is 0 Å². The Hall–Kier alpha value is -0.630. The molecule has 0 aliphatic heterocycles. The summed E-state index contributed by atoms with van der Waals surface area (Å²) in [6.07, 6.45) is 3.29. The molecule has 0 amide bonds. The highest BCUT2D eigenvalue weighted by atomic mass is 35.5. The van der Waals surface area contributed by atoms with Crippen molar-refractivity contribution in [2.75, 3.05) is 0 Å². The molecule has 0 aromatic carbocycles. The van der Waals surface area contributed by atoms with Crippen molar-refractivity contribution in [3.8, 4) is 0 Å². The van der Waals surface area contributed by atoms with E-state index in [0.717, 1.165) is 12.8 Å². The van der Waals surface area contributed by atoms with Crippen molar-refractivity contribution < 1.29 is 8.42 Å². The average molecular weight is 322 g/mol. The molecule has 2 aromatic heterocycles. The van der Waals surface area contributed by atoms with Crippen LogP contribution >= 0.6 is 22.9 Å². The lowest BCUT2D eigenvalue weighted by Gasteiger charge is -2.25. The molecule has 2 rings (SSSR count). The maximum atomic E-state index is 12.5. The zero-order valence-electron chi connectivity index (χ0n) is 11.0. The second-order valence-electron chi connectivity index (χ2n) is 5.00. The van der Waals surface area contributed by atoms with Gasteiger partial charge in [0.1, 0.15) is 0 Å². The molecule has 0 bridgehead atoms. The highest BCUT2D eigenvalue weighted by molar-refractivity contribution is 7.89. The topological polar surface area (TPSA) is 63.5 Å². The zero-order valence-corrected chi connectivity index (χ0v) is 13.4. The first-order chi connectivity index (χ1) is 8.77. The van der Waals surface area contributed by atoms with Crippen LogP contribution in [-0.4, -0.2) is 23.3 Å². The molecular formula is C11H16ClN3O2S2. The van der Waals surface area contributed by atoms with Gasteiger partial charge in [0.25, 0.3) is 10.0 Å². The molecule has 2 aromatic rings. The highest BCUT2D eigenvalue weighted by Crippen LogP contribution is 2.26. The van der Waals surface area contributed by atoms with Crippen molar-refractivity contribution in [3.05, 3.63) is 16.7 Å². The van der Waals surface area contributed by atoms with Crippen LogP contribution in [0.3, 0.4) is 0 Å². The van der Waals surface area contributed by atoms with E-state index < -0.39 is 15.6 Å². The summed E-state index contributed by atoms with van der Waals surface area (Å²) in [6, 6.07) is 0. The van der Waals surface area contributed by atoms with Crippen LogP contribution in [0.25, 0.3) is 4.96 Å². The number of aromatic nitrogens is 2. The molecule has 0 atom stereocenters. The summed E-state index contributed by atoms with van der Waals surface area (Å²) in [5.41, 5.74) is -0.517. The van der Waals surface area contributed by atoms with E-state index in [-0.39, 0.29) is 10.2 Å². The molecule has 0 fully saturated rings. The first kappa shape index (κ1) is 14.8. The quantitative estimate of drug-likeness (QED) is 0.921. The lowest BCUT2D eigenvalue weighted by molar-refractivity contribution is 0.417. The van der Waals surface area contributed by atoms with Crippen LogP contribution < -0.4 is 4.72 Å². The number of hydrogen-bond acceptors (Lipinski definition) is 4. The van der Waals surface area contributed by atoms with E-state index in [1.54, 1.807) is 11.6 Å². The third kappa shape index (κ3) is 2.94. The number of fused-ring (bicyclic) bond motifs is 1. The molecule has 0 saturated carbocycles. The van der Waals surface area contributed by atoms with Crippen molar-refractivity contribution in [2.45, 2.75) is 44.2 Å². The molecule has 19 heavy (non-hydrogen) atoms. The fourth-order valence-electron chi connectivity index (χ4n) is 2.07. The summed E-state index contributed by atoms with van der Waals surface area (Å²) < 4.78 is 29.1. The molecule has 0 spiro atoms. The third-order valence-electron chi connectivity index (χ3n) is 2.72. The molecule has 0 aliphatic rings. The minimum absolute atomic E-state index is 0.00616. The second kappa shape index (κ2) is 5.05. The summed E-state index contributed by atoms with van der Waals surface area (Å²) >= 11 is 7.30. The predicted molar refractivity (Wildman–Crippen MR) is 77.4 cm³/mol. The number of halogens is 1. The van der Waals surface area contributed by atoms with E-state index in [1.807, 2.05) is 20.8 Å². The molecule has 0 unspecified atom stereocenters. The van der Waals surface area contributed by atoms with Crippen LogP contribution in [0.1, 0.15) is 33.6 Å². The van der Waals surface area contributed by atoms with Gasteiger partial charge >= 0.3 is 0 Å². The number of thiazole rings is 1. The van der Waals surface area contributed by atoms with Gasteiger partial charge in [-0.1, -0.05) is 24.9 Å². The number of sulfonamides is 1. The van der Waals surface area contributed by atoms with Crippen molar-refractivity contribution in [3.63, 3.8) is 0 Å². The van der Waals surface area contributed by atoms with Crippen LogP contribution in [-0.2, 0) is 10.0 Å². The molecule has 8 heteroatoms. The molecular weight excluding hydrogens is 306 g/mol. The fraction of sp³-hybridized carbons (Fsp3) is 0.545. The SMILES string of the molecule is CCCC(C)(C)NS(=O)(=O)c1c(Cl)nc2sccn12. The molecule has 2 heterocycles. The smallest absolute Gasteiger partial charge is 0.260 e. The van der Waals surface area contributed by atoms with Gasteiger partial charge in [0.15, 0.2) is 15.1 Å². The molecule has 0 aliphatic carbocycles. The molecule has 5 nitrogen and oxygen atoms in total. The van der Waals surface area contributed by atoms with Gasteiger partial charge in [-0.05, 0) is 20.3 Å².